The van der Waals surface area contributed by atoms with Crippen LogP contribution < -0.4 is 0 Å². The second-order valence-corrected chi connectivity index (χ2v) is 11.8. The molecule has 0 spiro atoms. The molecule has 37 heavy (non-hydrogen) atoms. The highest BCUT2D eigenvalue weighted by molar-refractivity contribution is 5.24. The van der Waals surface area contributed by atoms with Crippen molar-refractivity contribution < 1.29 is 24.1 Å². The van der Waals surface area contributed by atoms with E-state index >= 15 is 0 Å². The maximum Gasteiger partial charge on any atom is 0.159 e. The lowest BCUT2D eigenvalue weighted by molar-refractivity contribution is -0.206. The highest BCUT2D eigenvalue weighted by Gasteiger charge is 2.49. The number of ether oxygens (including phenoxy) is 4. The molecule has 5 heteroatoms. The van der Waals surface area contributed by atoms with E-state index in [4.69, 9.17) is 18.9 Å². The smallest absolute Gasteiger partial charge is 0.159 e. The van der Waals surface area contributed by atoms with Crippen molar-refractivity contribution in [2.45, 2.75) is 122 Å². The summed E-state index contributed by atoms with van der Waals surface area (Å²) in [7, 11) is 0. The maximum atomic E-state index is 9.48. The summed E-state index contributed by atoms with van der Waals surface area (Å²) in [5.41, 5.74) is 1.39. The van der Waals surface area contributed by atoms with Crippen molar-refractivity contribution in [3.8, 4) is 23.7 Å². The molecule has 3 aliphatic carbocycles. The third kappa shape index (κ3) is 6.63. The second kappa shape index (κ2) is 13.1. The molecule has 3 unspecified atom stereocenters. The number of fused-ring (bicyclic) bond motifs is 1. The first kappa shape index (κ1) is 27.2. The fourth-order valence-corrected chi connectivity index (χ4v) is 7.09. The summed E-state index contributed by atoms with van der Waals surface area (Å²) >= 11 is 0. The largest absolute Gasteiger partial charge is 0.392 e. The fourth-order valence-electron chi connectivity index (χ4n) is 7.09. The number of allylic oxidation sites excluding steroid dienone is 1. The van der Waals surface area contributed by atoms with Crippen LogP contribution in [0, 0.1) is 46.9 Å². The molecule has 3 saturated carbocycles. The van der Waals surface area contributed by atoms with Gasteiger partial charge in [-0.15, -0.1) is 11.8 Å². The van der Waals surface area contributed by atoms with Gasteiger partial charge in [0.15, 0.2) is 12.6 Å². The van der Waals surface area contributed by atoms with Crippen molar-refractivity contribution in [1.29, 1.82) is 0 Å². The van der Waals surface area contributed by atoms with Crippen LogP contribution in [-0.4, -0.2) is 49.7 Å². The Hall–Kier alpha value is -1.34. The molecule has 204 valence electrons. The first-order valence-corrected chi connectivity index (χ1v) is 15.0. The van der Waals surface area contributed by atoms with Gasteiger partial charge in [-0.05, 0) is 82.5 Å². The lowest BCUT2D eigenvalue weighted by Crippen LogP contribution is -2.44. The summed E-state index contributed by atoms with van der Waals surface area (Å²) in [4.78, 5) is 0. The van der Waals surface area contributed by atoms with E-state index in [9.17, 15) is 5.11 Å². The fraction of sp³-hybridized carbons (Fsp3) is 0.812. The van der Waals surface area contributed by atoms with Crippen LogP contribution in [0.2, 0.25) is 0 Å². The van der Waals surface area contributed by atoms with E-state index in [1.165, 1.54) is 18.4 Å². The van der Waals surface area contributed by atoms with Gasteiger partial charge < -0.3 is 24.1 Å². The van der Waals surface area contributed by atoms with Gasteiger partial charge in [0.1, 0.15) is 6.10 Å². The van der Waals surface area contributed by atoms with Crippen LogP contribution in [0.1, 0.15) is 96.8 Å². The molecule has 2 aliphatic heterocycles. The molecule has 0 aromatic heterocycles. The molecule has 7 atom stereocenters. The van der Waals surface area contributed by atoms with Gasteiger partial charge in [-0.25, -0.2) is 0 Å². The summed E-state index contributed by atoms with van der Waals surface area (Å²) in [6.07, 6.45) is 16.5. The molecule has 0 bridgehead atoms. The Morgan fingerprint density at radius 3 is 2.46 bits per heavy atom. The molecule has 5 fully saturated rings. The highest BCUT2D eigenvalue weighted by atomic mass is 16.7. The molecule has 2 saturated heterocycles. The van der Waals surface area contributed by atoms with Crippen LogP contribution in [0.25, 0.3) is 0 Å². The lowest BCUT2D eigenvalue weighted by Gasteiger charge is -2.45. The van der Waals surface area contributed by atoms with E-state index in [-0.39, 0.29) is 42.7 Å². The molecule has 0 amide bonds. The van der Waals surface area contributed by atoms with Crippen molar-refractivity contribution in [2.24, 2.45) is 23.2 Å². The van der Waals surface area contributed by atoms with E-state index in [0.717, 1.165) is 90.3 Å². The predicted octanol–water partition coefficient (Wildman–Crippen LogP) is 5.75. The topological polar surface area (TPSA) is 57.2 Å². The van der Waals surface area contributed by atoms with E-state index in [1.54, 1.807) is 0 Å². The number of hydrogen-bond acceptors (Lipinski definition) is 5. The summed E-state index contributed by atoms with van der Waals surface area (Å²) in [5.74, 6) is 15.4. The standard InChI is InChI=1S/C32H46O5/c1-2-3-6-15-32(16-9-17-32)29(37-31-11-5-8-20-35-31)13-12-26-27-22-24(14-18-33)21-25(27)23-28(26)36-30-10-4-7-19-34-30/h14,25-31,33H,2,4-5,7-11,15-23H2,1H3/t25-,26+,27-,28+,29?,30?,31?/m0/s1. The molecule has 5 rings (SSSR count). The van der Waals surface area contributed by atoms with Gasteiger partial charge in [0.25, 0.3) is 0 Å². The quantitative estimate of drug-likeness (QED) is 0.349. The first-order valence-electron chi connectivity index (χ1n) is 15.0. The van der Waals surface area contributed by atoms with Crippen LogP contribution in [0.4, 0.5) is 0 Å². The molecule has 1 N–H and O–H groups in total. The monoisotopic (exact) mass is 510 g/mol. The number of rotatable bonds is 7. The lowest BCUT2D eigenvalue weighted by atomic mass is 9.63. The van der Waals surface area contributed by atoms with Gasteiger partial charge in [-0.3, -0.25) is 0 Å². The van der Waals surface area contributed by atoms with E-state index in [1.807, 2.05) is 6.08 Å². The van der Waals surface area contributed by atoms with Crippen LogP contribution >= 0.6 is 0 Å². The molecule has 5 aliphatic rings. The second-order valence-electron chi connectivity index (χ2n) is 11.8. The summed E-state index contributed by atoms with van der Waals surface area (Å²) < 4.78 is 25.2. The van der Waals surface area contributed by atoms with E-state index in [2.05, 4.69) is 30.6 Å². The summed E-state index contributed by atoms with van der Waals surface area (Å²) in [5, 5.41) is 9.48. The Bertz CT molecular complexity index is 888. The maximum absolute atomic E-state index is 9.48. The van der Waals surface area contributed by atoms with Gasteiger partial charge in [0.05, 0.1) is 18.6 Å². The molecular formula is C32H46O5. The Labute approximate surface area is 224 Å². The predicted molar refractivity (Wildman–Crippen MR) is 143 cm³/mol. The van der Waals surface area contributed by atoms with Crippen molar-refractivity contribution in [1.82, 2.24) is 0 Å². The Morgan fingerprint density at radius 2 is 1.81 bits per heavy atom. The molecule has 0 aromatic carbocycles. The minimum atomic E-state index is -0.158. The molecule has 2 heterocycles. The average molecular weight is 511 g/mol. The zero-order valence-electron chi connectivity index (χ0n) is 22.7. The number of aliphatic hydroxyl groups is 1. The zero-order valence-corrected chi connectivity index (χ0v) is 22.7. The Morgan fingerprint density at radius 1 is 1.03 bits per heavy atom. The van der Waals surface area contributed by atoms with Crippen molar-refractivity contribution in [3.63, 3.8) is 0 Å². The van der Waals surface area contributed by atoms with E-state index in [0.29, 0.717) is 11.8 Å². The SMILES string of the molecule is CCC#CCC1(C(C#C[C@@H]2[C@H]3CC(=CCO)C[C@H]3C[C@H]2OC2CCCCO2)OC2CCCCO2)CCC1. The zero-order chi connectivity index (χ0) is 25.5. The highest BCUT2D eigenvalue weighted by Crippen LogP contribution is 2.52. The van der Waals surface area contributed by atoms with Crippen LogP contribution in [0.5, 0.6) is 0 Å². The number of hydrogen-bond donors (Lipinski definition) is 1. The van der Waals surface area contributed by atoms with Gasteiger partial charge in [-0.2, -0.15) is 0 Å². The van der Waals surface area contributed by atoms with Gasteiger partial charge in [0.2, 0.25) is 0 Å². The average Bonchev–Trinajstić information content (AvgIpc) is 3.42. The minimum absolute atomic E-state index is 0.00838. The molecular weight excluding hydrogens is 464 g/mol. The normalized spacial score (nSPS) is 36.5. The van der Waals surface area contributed by atoms with Crippen molar-refractivity contribution in [3.05, 3.63) is 11.6 Å². The van der Waals surface area contributed by atoms with Crippen molar-refractivity contribution in [2.75, 3.05) is 19.8 Å². The molecule has 0 radical (unpaired) electrons. The Balaban J connectivity index is 1.38. The molecule has 0 aromatic rings. The van der Waals surface area contributed by atoms with Crippen molar-refractivity contribution >= 4 is 0 Å². The molecule has 5 nitrogen and oxygen atoms in total. The first-order chi connectivity index (χ1) is 18.2. The van der Waals surface area contributed by atoms with Crippen LogP contribution in [0.3, 0.4) is 0 Å². The van der Waals surface area contributed by atoms with Crippen LogP contribution in [-0.2, 0) is 18.9 Å². The number of aliphatic hydroxyl groups excluding tert-OH is 1. The van der Waals surface area contributed by atoms with Gasteiger partial charge in [-0.1, -0.05) is 36.8 Å². The minimum Gasteiger partial charge on any atom is -0.392 e. The van der Waals surface area contributed by atoms with Gasteiger partial charge in [0, 0.05) is 31.5 Å². The summed E-state index contributed by atoms with van der Waals surface area (Å²) in [6.45, 7) is 3.80. The van der Waals surface area contributed by atoms with Gasteiger partial charge >= 0.3 is 0 Å². The third-order valence-electron chi connectivity index (χ3n) is 9.32. The van der Waals surface area contributed by atoms with E-state index < -0.39 is 0 Å². The van der Waals surface area contributed by atoms with Crippen LogP contribution in [0.15, 0.2) is 11.6 Å². The third-order valence-corrected chi connectivity index (χ3v) is 9.32. The summed E-state index contributed by atoms with van der Waals surface area (Å²) in [6, 6.07) is 0. The Kier molecular flexibility index (Phi) is 9.67.